The monoisotopic (exact) mass is 322 g/mol. The number of aryl methyl sites for hydroxylation is 1. The zero-order valence-electron chi connectivity index (χ0n) is 14.8. The predicted molar refractivity (Wildman–Crippen MR) is 91.3 cm³/mol. The molecule has 2 N–H and O–H groups in total. The first kappa shape index (κ1) is 17.7. The van der Waals surface area contributed by atoms with Gasteiger partial charge in [0, 0.05) is 20.7 Å². The number of guanidine groups is 1. The molecule has 1 aromatic heterocycles. The van der Waals surface area contributed by atoms with Gasteiger partial charge in [0.15, 0.2) is 11.8 Å². The van der Waals surface area contributed by atoms with Crippen LogP contribution in [0.4, 0.5) is 0 Å². The highest BCUT2D eigenvalue weighted by Crippen LogP contribution is 2.32. The lowest BCUT2D eigenvalue weighted by atomic mass is 10.2. The fraction of sp³-hybridized carbons (Fsp3) is 0.812. The zero-order valence-corrected chi connectivity index (χ0v) is 14.8. The Bertz CT molecular complexity index is 509. The second-order valence-corrected chi connectivity index (χ2v) is 6.21. The summed E-state index contributed by atoms with van der Waals surface area (Å²) in [6, 6.07) is 0.328. The highest BCUT2D eigenvalue weighted by molar-refractivity contribution is 5.80. The van der Waals surface area contributed by atoms with Crippen molar-refractivity contribution in [3.05, 3.63) is 11.6 Å². The summed E-state index contributed by atoms with van der Waals surface area (Å²) in [4.78, 5) is 4.69. The van der Waals surface area contributed by atoms with E-state index in [0.29, 0.717) is 25.1 Å². The van der Waals surface area contributed by atoms with E-state index in [9.17, 15) is 0 Å². The highest BCUT2D eigenvalue weighted by Gasteiger charge is 2.31. The maximum Gasteiger partial charge on any atom is 0.192 e. The number of nitrogens with zero attached hydrogens (tertiary/aromatic N) is 4. The molecule has 1 unspecified atom stereocenters. The molecule has 7 nitrogen and oxygen atoms in total. The van der Waals surface area contributed by atoms with Crippen molar-refractivity contribution in [2.75, 3.05) is 20.3 Å². The molecule has 0 aromatic carbocycles. The molecular weight excluding hydrogens is 292 g/mol. The highest BCUT2D eigenvalue weighted by atomic mass is 16.5. The van der Waals surface area contributed by atoms with E-state index in [1.165, 1.54) is 12.8 Å². The van der Waals surface area contributed by atoms with Crippen LogP contribution < -0.4 is 10.6 Å². The fourth-order valence-corrected chi connectivity index (χ4v) is 2.42. The van der Waals surface area contributed by atoms with Gasteiger partial charge in [-0.15, -0.1) is 10.2 Å². The standard InChI is InChI=1S/C16H30N6O/c1-5-6-9-17-16(19-14(11-23-4)13-7-8-13)18-10-15-21-20-12(2)22(15)3/h13-14H,5-11H2,1-4H3,(H2,17,18,19). The number of nitrogens with one attached hydrogen (secondary N) is 2. The van der Waals surface area contributed by atoms with E-state index >= 15 is 0 Å². The lowest BCUT2D eigenvalue weighted by Crippen LogP contribution is -2.46. The summed E-state index contributed by atoms with van der Waals surface area (Å²) in [6.07, 6.45) is 4.83. The van der Waals surface area contributed by atoms with E-state index in [2.05, 4.69) is 32.7 Å². The predicted octanol–water partition coefficient (Wildman–Crippen LogP) is 1.38. The molecule has 2 rings (SSSR count). The maximum absolute atomic E-state index is 5.35. The number of aromatic nitrogens is 3. The van der Waals surface area contributed by atoms with Gasteiger partial charge in [-0.1, -0.05) is 13.3 Å². The van der Waals surface area contributed by atoms with Crippen molar-refractivity contribution in [2.24, 2.45) is 18.0 Å². The second-order valence-electron chi connectivity index (χ2n) is 6.21. The summed E-state index contributed by atoms with van der Waals surface area (Å²) >= 11 is 0. The molecule has 0 aliphatic heterocycles. The molecule has 1 saturated carbocycles. The number of aliphatic imine (C=N–C) groups is 1. The van der Waals surface area contributed by atoms with Gasteiger partial charge in [0.2, 0.25) is 0 Å². The Morgan fingerprint density at radius 1 is 1.43 bits per heavy atom. The van der Waals surface area contributed by atoms with Crippen molar-refractivity contribution in [3.8, 4) is 0 Å². The third-order valence-electron chi connectivity index (χ3n) is 4.24. The Morgan fingerprint density at radius 3 is 2.78 bits per heavy atom. The van der Waals surface area contributed by atoms with Gasteiger partial charge in [-0.2, -0.15) is 0 Å². The summed E-state index contributed by atoms with van der Waals surface area (Å²) < 4.78 is 7.32. The molecule has 1 aromatic rings. The van der Waals surface area contributed by atoms with Crippen molar-refractivity contribution in [2.45, 2.75) is 52.1 Å². The first-order chi connectivity index (χ1) is 11.2. The van der Waals surface area contributed by atoms with Crippen molar-refractivity contribution in [1.82, 2.24) is 25.4 Å². The Morgan fingerprint density at radius 2 is 2.22 bits per heavy atom. The van der Waals surface area contributed by atoms with Crippen LogP contribution in [0, 0.1) is 12.8 Å². The number of methoxy groups -OCH3 is 1. The minimum atomic E-state index is 0.328. The molecule has 0 saturated heterocycles. The minimum Gasteiger partial charge on any atom is -0.383 e. The third-order valence-corrected chi connectivity index (χ3v) is 4.24. The van der Waals surface area contributed by atoms with E-state index in [-0.39, 0.29) is 0 Å². The van der Waals surface area contributed by atoms with E-state index in [0.717, 1.165) is 37.0 Å². The lowest BCUT2D eigenvalue weighted by Gasteiger charge is -2.21. The molecule has 0 bridgehead atoms. The van der Waals surface area contributed by atoms with Gasteiger partial charge in [-0.3, -0.25) is 0 Å². The van der Waals surface area contributed by atoms with Crippen LogP contribution in [0.25, 0.3) is 0 Å². The summed E-state index contributed by atoms with van der Waals surface area (Å²) in [6.45, 7) is 6.28. The van der Waals surface area contributed by atoms with Crippen molar-refractivity contribution >= 4 is 5.96 Å². The van der Waals surface area contributed by atoms with Gasteiger partial charge in [0.25, 0.3) is 0 Å². The quantitative estimate of drug-likeness (QED) is 0.408. The molecule has 0 radical (unpaired) electrons. The van der Waals surface area contributed by atoms with Crippen LogP contribution in [-0.4, -0.2) is 47.0 Å². The number of rotatable bonds is 9. The average molecular weight is 322 g/mol. The molecule has 7 heteroatoms. The smallest absolute Gasteiger partial charge is 0.192 e. The van der Waals surface area contributed by atoms with Crippen LogP contribution in [0.2, 0.25) is 0 Å². The minimum absolute atomic E-state index is 0.328. The summed E-state index contributed by atoms with van der Waals surface area (Å²) in [7, 11) is 3.72. The molecular formula is C16H30N6O. The molecule has 0 spiro atoms. The third kappa shape index (κ3) is 5.49. The SMILES string of the molecule is CCCCNC(=NCc1nnc(C)n1C)NC(COC)C1CC1. The van der Waals surface area contributed by atoms with Gasteiger partial charge < -0.3 is 19.9 Å². The van der Waals surface area contributed by atoms with E-state index in [4.69, 9.17) is 4.74 Å². The molecule has 1 aliphatic carbocycles. The van der Waals surface area contributed by atoms with Gasteiger partial charge in [-0.05, 0) is 32.1 Å². The molecule has 1 aliphatic rings. The van der Waals surface area contributed by atoms with Crippen LogP contribution in [0.3, 0.4) is 0 Å². The Kier molecular flexibility index (Phi) is 6.83. The number of hydrogen-bond acceptors (Lipinski definition) is 4. The van der Waals surface area contributed by atoms with Gasteiger partial charge >= 0.3 is 0 Å². The van der Waals surface area contributed by atoms with Crippen LogP contribution >= 0.6 is 0 Å². The van der Waals surface area contributed by atoms with Gasteiger partial charge in [0.1, 0.15) is 12.4 Å². The van der Waals surface area contributed by atoms with Gasteiger partial charge in [-0.25, -0.2) is 4.99 Å². The molecule has 1 fully saturated rings. The number of hydrogen-bond donors (Lipinski definition) is 2. The van der Waals surface area contributed by atoms with Crippen LogP contribution in [-0.2, 0) is 18.3 Å². The van der Waals surface area contributed by atoms with Crippen LogP contribution in [0.1, 0.15) is 44.3 Å². The van der Waals surface area contributed by atoms with E-state index in [1.807, 2.05) is 18.5 Å². The normalized spacial score (nSPS) is 16.4. The lowest BCUT2D eigenvalue weighted by molar-refractivity contribution is 0.165. The zero-order chi connectivity index (χ0) is 16.7. The molecule has 0 amide bonds. The maximum atomic E-state index is 5.35. The first-order valence-corrected chi connectivity index (χ1v) is 8.54. The largest absolute Gasteiger partial charge is 0.383 e. The molecule has 130 valence electrons. The van der Waals surface area contributed by atoms with E-state index in [1.54, 1.807) is 7.11 Å². The molecule has 1 heterocycles. The topological polar surface area (TPSA) is 76.4 Å². The first-order valence-electron chi connectivity index (χ1n) is 8.54. The summed E-state index contributed by atoms with van der Waals surface area (Å²) in [5.41, 5.74) is 0. The van der Waals surface area contributed by atoms with Crippen LogP contribution in [0.5, 0.6) is 0 Å². The Balaban J connectivity index is 1.99. The number of unbranched alkanes of at least 4 members (excludes halogenated alkanes) is 1. The van der Waals surface area contributed by atoms with Crippen molar-refractivity contribution < 1.29 is 4.74 Å². The van der Waals surface area contributed by atoms with Crippen molar-refractivity contribution in [3.63, 3.8) is 0 Å². The van der Waals surface area contributed by atoms with Crippen molar-refractivity contribution in [1.29, 1.82) is 0 Å². The molecule has 1 atom stereocenters. The average Bonchev–Trinajstić information content (AvgIpc) is 3.33. The summed E-state index contributed by atoms with van der Waals surface area (Å²) in [5.74, 6) is 3.31. The Labute approximate surface area is 138 Å². The van der Waals surface area contributed by atoms with E-state index < -0.39 is 0 Å². The number of ether oxygens (including phenoxy) is 1. The summed E-state index contributed by atoms with van der Waals surface area (Å²) in [5, 5.41) is 15.2. The Hall–Kier alpha value is -1.63. The second kappa shape index (κ2) is 8.86. The molecule has 23 heavy (non-hydrogen) atoms. The fourth-order valence-electron chi connectivity index (χ4n) is 2.42. The van der Waals surface area contributed by atoms with Gasteiger partial charge in [0.05, 0.1) is 12.6 Å². The van der Waals surface area contributed by atoms with Crippen LogP contribution in [0.15, 0.2) is 4.99 Å².